The van der Waals surface area contributed by atoms with Gasteiger partial charge in [-0.1, -0.05) is 24.3 Å². The van der Waals surface area contributed by atoms with Crippen molar-refractivity contribution in [2.45, 2.75) is 12.8 Å². The number of hydrogen-bond donors (Lipinski definition) is 1. The van der Waals surface area contributed by atoms with Gasteiger partial charge in [0.15, 0.2) is 0 Å². The summed E-state index contributed by atoms with van der Waals surface area (Å²) in [5.74, 6) is 0.624. The Morgan fingerprint density at radius 3 is 2.62 bits per heavy atom. The number of rotatable bonds is 6. The van der Waals surface area contributed by atoms with Crippen LogP contribution in [0.15, 0.2) is 46.9 Å². The number of aliphatic hydroxyl groups excluding tert-OH is 1. The average Bonchev–Trinajstić information content (AvgIpc) is 2.50. The Morgan fingerprint density at radius 1 is 1.19 bits per heavy atom. The largest absolute Gasteiger partial charge is 0.496 e. The second-order valence-electron chi connectivity index (χ2n) is 5.02. The molecule has 0 spiro atoms. The highest BCUT2D eigenvalue weighted by Gasteiger charge is 2.13. The maximum atomic E-state index is 13.3. The topological polar surface area (TPSA) is 29.5 Å². The van der Waals surface area contributed by atoms with Crippen LogP contribution < -0.4 is 4.74 Å². The molecule has 0 heterocycles. The van der Waals surface area contributed by atoms with Crippen LogP contribution in [0.25, 0.3) is 0 Å². The molecule has 0 bridgehead atoms. The van der Waals surface area contributed by atoms with Gasteiger partial charge in [-0.15, -0.1) is 0 Å². The van der Waals surface area contributed by atoms with Gasteiger partial charge in [-0.05, 0) is 64.0 Å². The van der Waals surface area contributed by atoms with Crippen molar-refractivity contribution in [2.24, 2.45) is 5.92 Å². The lowest BCUT2D eigenvalue weighted by Gasteiger charge is -2.16. The molecule has 2 nitrogen and oxygen atoms in total. The third kappa shape index (κ3) is 4.29. The van der Waals surface area contributed by atoms with Crippen LogP contribution in [-0.2, 0) is 12.8 Å². The molecule has 21 heavy (non-hydrogen) atoms. The molecule has 2 aromatic rings. The molecule has 0 saturated heterocycles. The van der Waals surface area contributed by atoms with Crippen LogP contribution in [0.1, 0.15) is 11.1 Å². The Morgan fingerprint density at radius 2 is 1.95 bits per heavy atom. The molecule has 1 unspecified atom stereocenters. The highest BCUT2D eigenvalue weighted by atomic mass is 79.9. The zero-order valence-corrected chi connectivity index (χ0v) is 13.4. The first-order chi connectivity index (χ1) is 10.1. The maximum Gasteiger partial charge on any atom is 0.137 e. The minimum Gasteiger partial charge on any atom is -0.496 e. The van der Waals surface area contributed by atoms with E-state index in [0.717, 1.165) is 23.3 Å². The summed E-state index contributed by atoms with van der Waals surface area (Å²) in [6.45, 7) is 0.0764. The summed E-state index contributed by atoms with van der Waals surface area (Å²) in [6.07, 6.45) is 1.41. The monoisotopic (exact) mass is 352 g/mol. The van der Waals surface area contributed by atoms with Crippen LogP contribution in [0, 0.1) is 11.7 Å². The molecule has 0 fully saturated rings. The molecule has 112 valence electrons. The van der Waals surface area contributed by atoms with E-state index >= 15 is 0 Å². The van der Waals surface area contributed by atoms with E-state index in [2.05, 4.69) is 15.9 Å². The predicted molar refractivity (Wildman–Crippen MR) is 85.1 cm³/mol. The molecule has 1 atom stereocenters. The predicted octanol–water partition coefficient (Wildman–Crippen LogP) is 3.99. The Labute approximate surface area is 132 Å². The van der Waals surface area contributed by atoms with Crippen LogP contribution in [0.5, 0.6) is 5.75 Å². The van der Waals surface area contributed by atoms with Gasteiger partial charge in [-0.2, -0.15) is 0 Å². The van der Waals surface area contributed by atoms with Crippen molar-refractivity contribution < 1.29 is 14.2 Å². The van der Waals surface area contributed by atoms with Crippen LogP contribution in [0.3, 0.4) is 0 Å². The van der Waals surface area contributed by atoms with Crippen LogP contribution in [0.2, 0.25) is 0 Å². The second-order valence-corrected chi connectivity index (χ2v) is 5.87. The van der Waals surface area contributed by atoms with Crippen molar-refractivity contribution in [3.63, 3.8) is 0 Å². The Bertz CT molecular complexity index is 601. The molecular formula is C17H18BrFO2. The second kappa shape index (κ2) is 7.57. The lowest BCUT2D eigenvalue weighted by atomic mass is 9.93. The van der Waals surface area contributed by atoms with E-state index in [9.17, 15) is 9.50 Å². The molecule has 0 aliphatic rings. The third-order valence-electron chi connectivity index (χ3n) is 3.47. The van der Waals surface area contributed by atoms with Crippen LogP contribution in [-0.4, -0.2) is 18.8 Å². The van der Waals surface area contributed by atoms with Crippen LogP contribution >= 0.6 is 15.9 Å². The Kier molecular flexibility index (Phi) is 5.76. The SMILES string of the molecule is COc1ccccc1CC(CO)Cc1ccc(F)c(Br)c1. The fraction of sp³-hybridized carbons (Fsp3) is 0.294. The van der Waals surface area contributed by atoms with E-state index in [4.69, 9.17) is 4.74 Å². The van der Waals surface area contributed by atoms with Crippen molar-refractivity contribution in [2.75, 3.05) is 13.7 Å². The van der Waals surface area contributed by atoms with Gasteiger partial charge < -0.3 is 9.84 Å². The number of hydrogen-bond acceptors (Lipinski definition) is 2. The molecular weight excluding hydrogens is 335 g/mol. The molecule has 2 aromatic carbocycles. The summed E-state index contributed by atoms with van der Waals surface area (Å²) in [5, 5.41) is 9.61. The fourth-order valence-corrected chi connectivity index (χ4v) is 2.81. The first-order valence-electron chi connectivity index (χ1n) is 6.80. The average molecular weight is 353 g/mol. The lowest BCUT2D eigenvalue weighted by Crippen LogP contribution is -2.13. The number of para-hydroxylation sites is 1. The van der Waals surface area contributed by atoms with Gasteiger partial charge in [0.1, 0.15) is 11.6 Å². The van der Waals surface area contributed by atoms with E-state index in [1.54, 1.807) is 19.2 Å². The minimum atomic E-state index is -0.274. The highest BCUT2D eigenvalue weighted by Crippen LogP contribution is 2.24. The van der Waals surface area contributed by atoms with Gasteiger partial charge in [-0.25, -0.2) is 4.39 Å². The summed E-state index contributed by atoms with van der Waals surface area (Å²) in [4.78, 5) is 0. The van der Waals surface area contributed by atoms with Crippen molar-refractivity contribution in [1.82, 2.24) is 0 Å². The first kappa shape index (κ1) is 16.0. The summed E-state index contributed by atoms with van der Waals surface area (Å²) in [6, 6.07) is 12.8. The van der Waals surface area contributed by atoms with Crippen molar-refractivity contribution in [3.05, 3.63) is 63.9 Å². The van der Waals surface area contributed by atoms with E-state index in [-0.39, 0.29) is 18.3 Å². The minimum absolute atomic E-state index is 0.0682. The quantitative estimate of drug-likeness (QED) is 0.851. The molecule has 4 heteroatoms. The summed E-state index contributed by atoms with van der Waals surface area (Å²) < 4.78 is 19.0. The zero-order chi connectivity index (χ0) is 15.2. The molecule has 2 rings (SSSR count). The van der Waals surface area contributed by atoms with Gasteiger partial charge in [0, 0.05) is 6.61 Å². The van der Waals surface area contributed by atoms with Gasteiger partial charge in [0.25, 0.3) is 0 Å². The molecule has 0 radical (unpaired) electrons. The number of benzene rings is 2. The number of ether oxygens (including phenoxy) is 1. The smallest absolute Gasteiger partial charge is 0.137 e. The van der Waals surface area contributed by atoms with Crippen molar-refractivity contribution >= 4 is 15.9 Å². The first-order valence-corrected chi connectivity index (χ1v) is 7.60. The lowest BCUT2D eigenvalue weighted by molar-refractivity contribution is 0.224. The standard InChI is InChI=1S/C17H18BrFO2/c1-21-17-5-3-2-4-14(17)9-13(11-20)8-12-6-7-16(19)15(18)10-12/h2-7,10,13,20H,8-9,11H2,1H3. The highest BCUT2D eigenvalue weighted by molar-refractivity contribution is 9.10. The van der Waals surface area contributed by atoms with Gasteiger partial charge in [-0.3, -0.25) is 0 Å². The van der Waals surface area contributed by atoms with E-state index in [0.29, 0.717) is 10.9 Å². The maximum absolute atomic E-state index is 13.3. The van der Waals surface area contributed by atoms with E-state index < -0.39 is 0 Å². The summed E-state index contributed by atoms with van der Waals surface area (Å²) in [5.41, 5.74) is 2.07. The van der Waals surface area contributed by atoms with Crippen LogP contribution in [0.4, 0.5) is 4.39 Å². The number of aliphatic hydroxyl groups is 1. The number of methoxy groups -OCH3 is 1. The molecule has 1 N–H and O–H groups in total. The Hall–Kier alpha value is -1.39. The summed E-state index contributed by atoms with van der Waals surface area (Å²) >= 11 is 3.19. The Balaban J connectivity index is 2.11. The third-order valence-corrected chi connectivity index (χ3v) is 4.08. The molecule has 0 aromatic heterocycles. The van der Waals surface area contributed by atoms with Gasteiger partial charge in [0.2, 0.25) is 0 Å². The summed E-state index contributed by atoms with van der Waals surface area (Å²) in [7, 11) is 1.64. The van der Waals surface area contributed by atoms with Crippen molar-refractivity contribution in [1.29, 1.82) is 0 Å². The molecule has 0 saturated carbocycles. The van der Waals surface area contributed by atoms with Gasteiger partial charge >= 0.3 is 0 Å². The molecule has 0 aliphatic heterocycles. The normalized spacial score (nSPS) is 12.2. The van der Waals surface area contributed by atoms with Crippen molar-refractivity contribution in [3.8, 4) is 5.75 Å². The number of halogens is 2. The molecule has 0 aliphatic carbocycles. The van der Waals surface area contributed by atoms with Gasteiger partial charge in [0.05, 0.1) is 11.6 Å². The van der Waals surface area contributed by atoms with E-state index in [1.165, 1.54) is 6.07 Å². The zero-order valence-electron chi connectivity index (χ0n) is 11.9. The fourth-order valence-electron chi connectivity index (χ4n) is 2.38. The van der Waals surface area contributed by atoms with E-state index in [1.807, 2.05) is 24.3 Å². The molecule has 0 amide bonds.